The molecule has 0 aliphatic carbocycles. The molecule has 5 heteroatoms. The maximum absolute atomic E-state index is 13.5. The average molecular weight is 287 g/mol. The molecule has 108 valence electrons. The molecule has 0 aliphatic heterocycles. The summed E-state index contributed by atoms with van der Waals surface area (Å²) in [4.78, 5) is 0. The van der Waals surface area contributed by atoms with Crippen molar-refractivity contribution in [1.82, 2.24) is 14.9 Å². The van der Waals surface area contributed by atoms with Gasteiger partial charge in [-0.2, -0.15) is 5.10 Å². The van der Waals surface area contributed by atoms with Crippen molar-refractivity contribution in [2.24, 2.45) is 0 Å². The molecule has 21 heavy (non-hydrogen) atoms. The molecule has 0 saturated carbocycles. The molecule has 1 N–H and O–H groups in total. The number of pyridine rings is 1. The standard InChI is InChI=1S/C16H15F2N3/c1-2-19-16(11-6-7-13(17)14(18)9-11)12-10-20-21-8-4-3-5-15(12)21/h3-10,16,19H,2H2,1H3. The highest BCUT2D eigenvalue weighted by Gasteiger charge is 2.18. The topological polar surface area (TPSA) is 29.3 Å². The van der Waals surface area contributed by atoms with Gasteiger partial charge in [0.05, 0.1) is 17.8 Å². The van der Waals surface area contributed by atoms with Gasteiger partial charge in [-0.05, 0) is 36.4 Å². The molecule has 2 aromatic heterocycles. The lowest BCUT2D eigenvalue weighted by molar-refractivity contribution is 0.504. The van der Waals surface area contributed by atoms with Gasteiger partial charge in [0.25, 0.3) is 0 Å². The molecular formula is C16H15F2N3. The predicted molar refractivity (Wildman–Crippen MR) is 77.1 cm³/mol. The van der Waals surface area contributed by atoms with E-state index in [0.29, 0.717) is 12.1 Å². The van der Waals surface area contributed by atoms with Gasteiger partial charge < -0.3 is 5.32 Å². The second kappa shape index (κ2) is 5.61. The van der Waals surface area contributed by atoms with Crippen molar-refractivity contribution in [3.05, 3.63) is 71.6 Å². The van der Waals surface area contributed by atoms with Crippen molar-refractivity contribution in [3.8, 4) is 0 Å². The molecule has 1 unspecified atom stereocenters. The summed E-state index contributed by atoms with van der Waals surface area (Å²) in [7, 11) is 0. The quantitative estimate of drug-likeness (QED) is 0.797. The number of hydrogen-bond donors (Lipinski definition) is 1. The van der Waals surface area contributed by atoms with Gasteiger partial charge >= 0.3 is 0 Å². The second-order valence-electron chi connectivity index (χ2n) is 4.79. The first-order valence-electron chi connectivity index (χ1n) is 6.81. The van der Waals surface area contributed by atoms with E-state index in [1.807, 2.05) is 31.3 Å². The molecule has 3 aromatic rings. The van der Waals surface area contributed by atoms with E-state index < -0.39 is 11.6 Å². The van der Waals surface area contributed by atoms with Gasteiger partial charge in [0.2, 0.25) is 0 Å². The number of benzene rings is 1. The monoisotopic (exact) mass is 287 g/mol. The first-order valence-corrected chi connectivity index (χ1v) is 6.81. The van der Waals surface area contributed by atoms with Gasteiger partial charge in [-0.15, -0.1) is 0 Å². The third-order valence-electron chi connectivity index (χ3n) is 3.45. The van der Waals surface area contributed by atoms with Crippen LogP contribution < -0.4 is 5.32 Å². The zero-order valence-electron chi connectivity index (χ0n) is 11.6. The van der Waals surface area contributed by atoms with Gasteiger partial charge in [0, 0.05) is 11.8 Å². The molecule has 0 bridgehead atoms. The summed E-state index contributed by atoms with van der Waals surface area (Å²) in [6.07, 6.45) is 3.61. The Kier molecular flexibility index (Phi) is 3.66. The maximum atomic E-state index is 13.5. The SMILES string of the molecule is CCNC(c1ccc(F)c(F)c1)c1cnn2ccccc12. The highest BCUT2D eigenvalue weighted by atomic mass is 19.2. The van der Waals surface area contributed by atoms with E-state index in [9.17, 15) is 8.78 Å². The Hall–Kier alpha value is -2.27. The minimum absolute atomic E-state index is 0.231. The van der Waals surface area contributed by atoms with Crippen LogP contribution in [0.3, 0.4) is 0 Å². The molecule has 2 heterocycles. The first-order chi connectivity index (χ1) is 10.2. The van der Waals surface area contributed by atoms with E-state index in [2.05, 4.69) is 10.4 Å². The van der Waals surface area contributed by atoms with Gasteiger partial charge in [-0.1, -0.05) is 19.1 Å². The summed E-state index contributed by atoms with van der Waals surface area (Å²) in [5.74, 6) is -1.68. The van der Waals surface area contributed by atoms with Crippen LogP contribution >= 0.6 is 0 Å². The number of rotatable bonds is 4. The van der Waals surface area contributed by atoms with E-state index in [-0.39, 0.29) is 6.04 Å². The van der Waals surface area contributed by atoms with E-state index in [0.717, 1.165) is 17.1 Å². The van der Waals surface area contributed by atoms with Crippen molar-refractivity contribution in [2.45, 2.75) is 13.0 Å². The zero-order valence-corrected chi connectivity index (χ0v) is 11.6. The van der Waals surface area contributed by atoms with E-state index in [1.165, 1.54) is 6.07 Å². The third-order valence-corrected chi connectivity index (χ3v) is 3.45. The van der Waals surface area contributed by atoms with Crippen LogP contribution in [0.1, 0.15) is 24.1 Å². The first kappa shape index (κ1) is 13.7. The second-order valence-corrected chi connectivity index (χ2v) is 4.79. The fraction of sp³-hybridized carbons (Fsp3) is 0.188. The summed E-state index contributed by atoms with van der Waals surface area (Å²) in [6, 6.07) is 9.52. The summed E-state index contributed by atoms with van der Waals surface area (Å²) in [5.41, 5.74) is 2.55. The molecule has 0 fully saturated rings. The normalized spacial score (nSPS) is 12.7. The maximum Gasteiger partial charge on any atom is 0.159 e. The van der Waals surface area contributed by atoms with Crippen LogP contribution in [-0.2, 0) is 0 Å². The van der Waals surface area contributed by atoms with Crippen LogP contribution in [-0.4, -0.2) is 16.2 Å². The Morgan fingerprint density at radius 1 is 1.19 bits per heavy atom. The molecule has 3 nitrogen and oxygen atoms in total. The van der Waals surface area contributed by atoms with Crippen LogP contribution in [0.15, 0.2) is 48.8 Å². The smallest absolute Gasteiger partial charge is 0.159 e. The summed E-state index contributed by atoms with van der Waals surface area (Å²) in [5, 5.41) is 7.59. The van der Waals surface area contributed by atoms with Gasteiger partial charge in [-0.3, -0.25) is 0 Å². The Labute approximate surface area is 121 Å². The summed E-state index contributed by atoms with van der Waals surface area (Å²) < 4.78 is 28.4. The zero-order chi connectivity index (χ0) is 14.8. The predicted octanol–water partition coefficient (Wildman–Crippen LogP) is 3.31. The van der Waals surface area contributed by atoms with Crippen molar-refractivity contribution in [1.29, 1.82) is 0 Å². The van der Waals surface area contributed by atoms with E-state index in [1.54, 1.807) is 16.8 Å². The molecule has 0 amide bonds. The van der Waals surface area contributed by atoms with Crippen molar-refractivity contribution >= 4 is 5.52 Å². The highest BCUT2D eigenvalue weighted by molar-refractivity contribution is 5.57. The van der Waals surface area contributed by atoms with Gasteiger partial charge in [-0.25, -0.2) is 13.3 Å². The average Bonchev–Trinajstić information content (AvgIpc) is 2.92. The molecule has 1 aromatic carbocycles. The number of aromatic nitrogens is 2. The van der Waals surface area contributed by atoms with E-state index in [4.69, 9.17) is 0 Å². The van der Waals surface area contributed by atoms with Crippen molar-refractivity contribution < 1.29 is 8.78 Å². The summed E-state index contributed by atoms with van der Waals surface area (Å²) in [6.45, 7) is 2.67. The minimum Gasteiger partial charge on any atom is -0.306 e. The number of hydrogen-bond acceptors (Lipinski definition) is 2. The molecule has 0 aliphatic rings. The lowest BCUT2D eigenvalue weighted by Crippen LogP contribution is -2.22. The number of fused-ring (bicyclic) bond motifs is 1. The molecule has 3 rings (SSSR count). The fourth-order valence-electron chi connectivity index (χ4n) is 2.48. The number of halogens is 2. The van der Waals surface area contributed by atoms with Crippen LogP contribution in [0.5, 0.6) is 0 Å². The van der Waals surface area contributed by atoms with Crippen LogP contribution in [0.25, 0.3) is 5.52 Å². The molecule has 1 atom stereocenters. The summed E-state index contributed by atoms with van der Waals surface area (Å²) >= 11 is 0. The lowest BCUT2D eigenvalue weighted by Gasteiger charge is -2.18. The third kappa shape index (κ3) is 2.52. The van der Waals surface area contributed by atoms with Crippen LogP contribution in [0.4, 0.5) is 8.78 Å². The number of nitrogens with one attached hydrogen (secondary N) is 1. The number of nitrogens with zero attached hydrogens (tertiary/aromatic N) is 2. The Bertz CT molecular complexity index is 767. The fourth-order valence-corrected chi connectivity index (χ4v) is 2.48. The van der Waals surface area contributed by atoms with E-state index >= 15 is 0 Å². The van der Waals surface area contributed by atoms with Crippen LogP contribution in [0, 0.1) is 11.6 Å². The molecule has 0 spiro atoms. The lowest BCUT2D eigenvalue weighted by atomic mass is 9.99. The Morgan fingerprint density at radius 2 is 2.05 bits per heavy atom. The molecule has 0 radical (unpaired) electrons. The highest BCUT2D eigenvalue weighted by Crippen LogP contribution is 2.26. The Balaban J connectivity index is 2.11. The minimum atomic E-state index is -0.841. The molecular weight excluding hydrogens is 272 g/mol. The van der Waals surface area contributed by atoms with Crippen molar-refractivity contribution in [3.63, 3.8) is 0 Å². The van der Waals surface area contributed by atoms with Gasteiger partial charge in [0.1, 0.15) is 0 Å². The van der Waals surface area contributed by atoms with Crippen molar-refractivity contribution in [2.75, 3.05) is 6.54 Å². The van der Waals surface area contributed by atoms with Gasteiger partial charge in [0.15, 0.2) is 11.6 Å². The van der Waals surface area contributed by atoms with Crippen LogP contribution in [0.2, 0.25) is 0 Å². The molecule has 0 saturated heterocycles. The largest absolute Gasteiger partial charge is 0.306 e. The Morgan fingerprint density at radius 3 is 2.81 bits per heavy atom.